The Kier molecular flexibility index (Phi) is 8.44. The van der Waals surface area contributed by atoms with Crippen LogP contribution in [0.1, 0.15) is 57.4 Å². The maximum Gasteiger partial charge on any atom is 0.242 e. The van der Waals surface area contributed by atoms with Gasteiger partial charge in [-0.1, -0.05) is 69.4 Å². The SMILES string of the molecule is CCCCCCCC/C=C(\O[Si](C)(C)C)c1ccccc1. The van der Waals surface area contributed by atoms with Gasteiger partial charge in [0, 0.05) is 5.56 Å². The Bertz CT molecular complexity index is 403. The van der Waals surface area contributed by atoms with Crippen molar-refractivity contribution in [1.29, 1.82) is 0 Å². The molecule has 0 fully saturated rings. The molecule has 0 saturated carbocycles. The standard InChI is InChI=1S/C19H32OSi/c1-5-6-7-8-9-10-14-17-19(20-21(2,3)4)18-15-12-11-13-16-18/h11-13,15-17H,5-10,14H2,1-4H3/b19-17-. The lowest BCUT2D eigenvalue weighted by Crippen LogP contribution is -2.24. The van der Waals surface area contributed by atoms with E-state index in [0.29, 0.717) is 0 Å². The van der Waals surface area contributed by atoms with E-state index in [9.17, 15) is 0 Å². The fourth-order valence-electron chi connectivity index (χ4n) is 2.31. The summed E-state index contributed by atoms with van der Waals surface area (Å²) < 4.78 is 6.27. The Morgan fingerprint density at radius 3 is 2.19 bits per heavy atom. The predicted molar refractivity (Wildman–Crippen MR) is 96.8 cm³/mol. The molecule has 0 N–H and O–H groups in total. The van der Waals surface area contributed by atoms with Crippen LogP contribution in [0.4, 0.5) is 0 Å². The first kappa shape index (κ1) is 18.0. The second-order valence-electron chi connectivity index (χ2n) is 6.71. The highest BCUT2D eigenvalue weighted by Gasteiger charge is 2.18. The van der Waals surface area contributed by atoms with Gasteiger partial charge in [-0.05, 0) is 38.6 Å². The molecule has 0 aliphatic rings. The summed E-state index contributed by atoms with van der Waals surface area (Å²) in [6, 6.07) is 10.5. The zero-order chi connectivity index (χ0) is 15.6. The van der Waals surface area contributed by atoms with Gasteiger partial charge in [0.05, 0.1) is 0 Å². The summed E-state index contributed by atoms with van der Waals surface area (Å²) >= 11 is 0. The van der Waals surface area contributed by atoms with Gasteiger partial charge >= 0.3 is 0 Å². The fraction of sp³-hybridized carbons (Fsp3) is 0.579. The highest BCUT2D eigenvalue weighted by molar-refractivity contribution is 6.70. The Morgan fingerprint density at radius 2 is 1.57 bits per heavy atom. The number of rotatable bonds is 10. The van der Waals surface area contributed by atoms with Gasteiger partial charge in [-0.2, -0.15) is 0 Å². The van der Waals surface area contributed by atoms with Gasteiger partial charge in [-0.15, -0.1) is 0 Å². The number of benzene rings is 1. The van der Waals surface area contributed by atoms with Crippen LogP contribution in [0.3, 0.4) is 0 Å². The molecule has 0 bridgehead atoms. The summed E-state index contributed by atoms with van der Waals surface area (Å²) in [5.74, 6) is 1.09. The maximum absolute atomic E-state index is 6.27. The first-order valence-corrected chi connectivity index (χ1v) is 11.9. The molecular weight excluding hydrogens is 272 g/mol. The average molecular weight is 305 g/mol. The van der Waals surface area contributed by atoms with E-state index in [-0.39, 0.29) is 0 Å². The number of allylic oxidation sites excluding steroid dienone is 1. The molecule has 0 atom stereocenters. The van der Waals surface area contributed by atoms with Gasteiger partial charge in [-0.3, -0.25) is 0 Å². The largest absolute Gasteiger partial charge is 0.544 e. The van der Waals surface area contributed by atoms with Crippen LogP contribution in [0.15, 0.2) is 36.4 Å². The molecule has 0 radical (unpaired) electrons. The Labute approximate surface area is 132 Å². The molecule has 0 spiro atoms. The van der Waals surface area contributed by atoms with Crippen molar-refractivity contribution in [2.75, 3.05) is 0 Å². The molecule has 0 heterocycles. The molecule has 0 saturated heterocycles. The van der Waals surface area contributed by atoms with E-state index in [4.69, 9.17) is 4.43 Å². The van der Waals surface area contributed by atoms with Crippen molar-refractivity contribution >= 4 is 14.1 Å². The second-order valence-corrected chi connectivity index (χ2v) is 11.1. The lowest BCUT2D eigenvalue weighted by Gasteiger charge is -2.22. The first-order valence-electron chi connectivity index (χ1n) is 8.47. The third kappa shape index (κ3) is 8.77. The van der Waals surface area contributed by atoms with Gasteiger partial charge in [0.25, 0.3) is 0 Å². The van der Waals surface area contributed by atoms with Crippen LogP contribution in [0.2, 0.25) is 19.6 Å². The molecule has 2 heteroatoms. The minimum Gasteiger partial charge on any atom is -0.544 e. The van der Waals surface area contributed by atoms with Crippen molar-refractivity contribution < 1.29 is 4.43 Å². The quantitative estimate of drug-likeness (QED) is 0.268. The van der Waals surface area contributed by atoms with Gasteiger partial charge < -0.3 is 4.43 Å². The first-order chi connectivity index (χ1) is 10.0. The molecule has 1 rings (SSSR count). The molecule has 0 unspecified atom stereocenters. The van der Waals surface area contributed by atoms with E-state index >= 15 is 0 Å². The Balaban J connectivity index is 2.51. The van der Waals surface area contributed by atoms with Crippen molar-refractivity contribution in [1.82, 2.24) is 0 Å². The third-order valence-corrected chi connectivity index (χ3v) is 4.19. The van der Waals surface area contributed by atoms with Crippen molar-refractivity contribution in [2.24, 2.45) is 0 Å². The van der Waals surface area contributed by atoms with Crippen LogP contribution in [0, 0.1) is 0 Å². The van der Waals surface area contributed by atoms with Crippen LogP contribution >= 0.6 is 0 Å². The van der Waals surface area contributed by atoms with Crippen LogP contribution in [0.25, 0.3) is 5.76 Å². The highest BCUT2D eigenvalue weighted by Crippen LogP contribution is 2.22. The van der Waals surface area contributed by atoms with Gasteiger partial charge in [0.15, 0.2) is 0 Å². The molecule has 21 heavy (non-hydrogen) atoms. The Hall–Kier alpha value is -1.02. The summed E-state index contributed by atoms with van der Waals surface area (Å²) in [6.45, 7) is 9.00. The van der Waals surface area contributed by atoms with E-state index in [2.05, 4.69) is 63.0 Å². The van der Waals surface area contributed by atoms with Crippen molar-refractivity contribution in [3.8, 4) is 0 Å². The lowest BCUT2D eigenvalue weighted by molar-refractivity contribution is 0.510. The molecular formula is C19H32OSi. The summed E-state index contributed by atoms with van der Waals surface area (Å²) in [4.78, 5) is 0. The van der Waals surface area contributed by atoms with Crippen LogP contribution in [-0.2, 0) is 4.43 Å². The molecule has 0 amide bonds. The smallest absolute Gasteiger partial charge is 0.242 e. The molecule has 0 aliphatic carbocycles. The molecule has 1 aromatic rings. The molecule has 0 aliphatic heterocycles. The minimum absolute atomic E-state index is 1.09. The van der Waals surface area contributed by atoms with E-state index in [0.717, 1.165) is 12.2 Å². The molecule has 1 nitrogen and oxygen atoms in total. The van der Waals surface area contributed by atoms with Crippen LogP contribution < -0.4 is 0 Å². The minimum atomic E-state index is -1.56. The summed E-state index contributed by atoms with van der Waals surface area (Å²) in [6.07, 6.45) is 11.5. The average Bonchev–Trinajstić information content (AvgIpc) is 2.45. The van der Waals surface area contributed by atoms with Crippen molar-refractivity contribution in [3.63, 3.8) is 0 Å². The monoisotopic (exact) mass is 304 g/mol. The zero-order valence-corrected chi connectivity index (χ0v) is 15.3. The summed E-state index contributed by atoms with van der Waals surface area (Å²) in [7, 11) is -1.56. The van der Waals surface area contributed by atoms with E-state index in [1.54, 1.807) is 0 Å². The van der Waals surface area contributed by atoms with Gasteiger partial charge in [0.2, 0.25) is 8.32 Å². The Morgan fingerprint density at radius 1 is 0.952 bits per heavy atom. The topological polar surface area (TPSA) is 9.23 Å². The molecule has 0 aromatic heterocycles. The molecule has 1 aromatic carbocycles. The zero-order valence-electron chi connectivity index (χ0n) is 14.3. The third-order valence-electron chi connectivity index (χ3n) is 3.36. The van der Waals surface area contributed by atoms with Crippen molar-refractivity contribution in [2.45, 2.75) is 71.5 Å². The van der Waals surface area contributed by atoms with Crippen molar-refractivity contribution in [3.05, 3.63) is 42.0 Å². The lowest BCUT2D eigenvalue weighted by atomic mass is 10.1. The number of unbranched alkanes of at least 4 members (excludes halogenated alkanes) is 6. The number of hydrogen-bond acceptors (Lipinski definition) is 1. The van der Waals surface area contributed by atoms with Crippen LogP contribution in [-0.4, -0.2) is 8.32 Å². The fourth-order valence-corrected chi connectivity index (χ4v) is 3.17. The summed E-state index contributed by atoms with van der Waals surface area (Å²) in [5, 5.41) is 0. The van der Waals surface area contributed by atoms with Crippen LogP contribution in [0.5, 0.6) is 0 Å². The normalized spacial score (nSPS) is 12.5. The maximum atomic E-state index is 6.27. The van der Waals surface area contributed by atoms with E-state index in [1.807, 2.05) is 0 Å². The summed E-state index contributed by atoms with van der Waals surface area (Å²) in [5.41, 5.74) is 1.21. The highest BCUT2D eigenvalue weighted by atomic mass is 28.4. The van der Waals surface area contributed by atoms with Gasteiger partial charge in [-0.25, -0.2) is 0 Å². The number of hydrogen-bond donors (Lipinski definition) is 0. The van der Waals surface area contributed by atoms with E-state index < -0.39 is 8.32 Å². The molecule has 118 valence electrons. The second kappa shape index (κ2) is 9.83. The van der Waals surface area contributed by atoms with Gasteiger partial charge in [0.1, 0.15) is 5.76 Å². The van der Waals surface area contributed by atoms with E-state index in [1.165, 1.54) is 44.1 Å². The predicted octanol–water partition coefficient (Wildman–Crippen LogP) is 6.63.